The SMILES string of the molecule is O=C(Cn1c(O)c[nH]c1=O)Nc1ccccc1. The number of nitrogens with one attached hydrogen (secondary N) is 2. The standard InChI is InChI=1S/C11H11N3O3/c15-9(13-8-4-2-1-3-5-8)7-14-10(16)6-12-11(14)17/h1-6,16H,7H2,(H,12,17)(H,13,15). The molecule has 6 heteroatoms. The van der Waals surface area contributed by atoms with Gasteiger partial charge in [-0.1, -0.05) is 18.2 Å². The van der Waals surface area contributed by atoms with Crippen molar-refractivity contribution in [3.05, 3.63) is 47.0 Å². The van der Waals surface area contributed by atoms with E-state index in [9.17, 15) is 14.7 Å². The second-order valence-corrected chi connectivity index (χ2v) is 3.45. The number of carbonyl (C=O) groups excluding carboxylic acids is 1. The van der Waals surface area contributed by atoms with E-state index in [0.717, 1.165) is 10.8 Å². The lowest BCUT2D eigenvalue weighted by Crippen LogP contribution is -2.25. The van der Waals surface area contributed by atoms with Crippen LogP contribution in [0.2, 0.25) is 0 Å². The average Bonchev–Trinajstić information content (AvgIpc) is 2.62. The number of rotatable bonds is 3. The Morgan fingerprint density at radius 3 is 2.65 bits per heavy atom. The Kier molecular flexibility index (Phi) is 2.95. The fourth-order valence-electron chi connectivity index (χ4n) is 1.40. The molecular formula is C11H11N3O3. The van der Waals surface area contributed by atoms with Gasteiger partial charge in [0.25, 0.3) is 0 Å². The molecule has 1 amide bonds. The van der Waals surface area contributed by atoms with E-state index in [0.29, 0.717) is 5.69 Å². The van der Waals surface area contributed by atoms with Crippen LogP contribution in [0, 0.1) is 0 Å². The van der Waals surface area contributed by atoms with E-state index < -0.39 is 5.69 Å². The van der Waals surface area contributed by atoms with Crippen molar-refractivity contribution < 1.29 is 9.90 Å². The highest BCUT2D eigenvalue weighted by Gasteiger charge is 2.09. The molecule has 6 nitrogen and oxygen atoms in total. The number of anilines is 1. The topological polar surface area (TPSA) is 87.1 Å². The van der Waals surface area contributed by atoms with Crippen molar-refractivity contribution in [3.8, 4) is 5.88 Å². The minimum atomic E-state index is -0.522. The smallest absolute Gasteiger partial charge is 0.328 e. The number of imidazole rings is 1. The number of hydrogen-bond donors (Lipinski definition) is 3. The van der Waals surface area contributed by atoms with Crippen LogP contribution in [0.25, 0.3) is 0 Å². The molecule has 3 N–H and O–H groups in total. The van der Waals surface area contributed by atoms with Gasteiger partial charge in [-0.2, -0.15) is 0 Å². The third kappa shape index (κ3) is 2.54. The van der Waals surface area contributed by atoms with Crippen molar-refractivity contribution in [2.24, 2.45) is 0 Å². The van der Waals surface area contributed by atoms with E-state index in [1.807, 2.05) is 6.07 Å². The second-order valence-electron chi connectivity index (χ2n) is 3.45. The summed E-state index contributed by atoms with van der Waals surface area (Å²) < 4.78 is 0.943. The predicted octanol–water partition coefficient (Wildman–Crippen LogP) is 0.521. The van der Waals surface area contributed by atoms with Gasteiger partial charge >= 0.3 is 5.69 Å². The molecule has 0 atom stereocenters. The van der Waals surface area contributed by atoms with E-state index in [2.05, 4.69) is 10.3 Å². The maximum Gasteiger partial charge on any atom is 0.328 e. The Bertz CT molecular complexity index is 571. The Morgan fingerprint density at radius 2 is 2.06 bits per heavy atom. The Hall–Kier alpha value is -2.50. The molecule has 0 aliphatic rings. The average molecular weight is 233 g/mol. The van der Waals surface area contributed by atoms with Gasteiger partial charge in [-0.25, -0.2) is 4.79 Å². The van der Waals surface area contributed by atoms with Crippen LogP contribution in [0.15, 0.2) is 41.3 Å². The van der Waals surface area contributed by atoms with Crippen molar-refractivity contribution >= 4 is 11.6 Å². The molecule has 0 fully saturated rings. The highest BCUT2D eigenvalue weighted by atomic mass is 16.3. The lowest BCUT2D eigenvalue weighted by atomic mass is 10.3. The zero-order valence-electron chi connectivity index (χ0n) is 8.88. The van der Waals surface area contributed by atoms with Crippen LogP contribution in [-0.2, 0) is 11.3 Å². The molecule has 0 unspecified atom stereocenters. The second kappa shape index (κ2) is 4.56. The number of H-pyrrole nitrogens is 1. The number of benzene rings is 1. The quantitative estimate of drug-likeness (QED) is 0.722. The van der Waals surface area contributed by atoms with Gasteiger partial charge in [0.1, 0.15) is 6.54 Å². The van der Waals surface area contributed by atoms with Gasteiger partial charge in [0.2, 0.25) is 11.8 Å². The number of carbonyl (C=O) groups is 1. The molecule has 0 aliphatic carbocycles. The number of aromatic amines is 1. The van der Waals surface area contributed by atoms with Crippen molar-refractivity contribution in [1.29, 1.82) is 0 Å². The molecule has 0 saturated heterocycles. The summed E-state index contributed by atoms with van der Waals surface area (Å²) in [5.41, 5.74) is 0.117. The Labute approximate surface area is 96.5 Å². The highest BCUT2D eigenvalue weighted by Crippen LogP contribution is 2.06. The Balaban J connectivity index is 2.06. The van der Waals surface area contributed by atoms with Crippen LogP contribution in [0.1, 0.15) is 0 Å². The summed E-state index contributed by atoms with van der Waals surface area (Å²) in [4.78, 5) is 25.1. The summed E-state index contributed by atoms with van der Waals surface area (Å²) in [6, 6.07) is 8.87. The van der Waals surface area contributed by atoms with Gasteiger partial charge in [-0.15, -0.1) is 0 Å². The molecule has 2 aromatic rings. The molecule has 1 aromatic heterocycles. The summed E-state index contributed by atoms with van der Waals surface area (Å²) in [6.45, 7) is -0.233. The number of hydrogen-bond acceptors (Lipinski definition) is 3. The highest BCUT2D eigenvalue weighted by molar-refractivity contribution is 5.90. The van der Waals surface area contributed by atoms with Crippen molar-refractivity contribution in [2.75, 3.05) is 5.32 Å². The molecule has 0 spiro atoms. The van der Waals surface area contributed by atoms with Crippen molar-refractivity contribution in [3.63, 3.8) is 0 Å². The molecule has 1 aromatic carbocycles. The first kappa shape index (κ1) is 11.0. The van der Waals surface area contributed by atoms with Crippen LogP contribution in [0.5, 0.6) is 5.88 Å². The first-order valence-corrected chi connectivity index (χ1v) is 4.99. The van der Waals surface area contributed by atoms with Gasteiger partial charge in [0.15, 0.2) is 0 Å². The first-order chi connectivity index (χ1) is 8.16. The van der Waals surface area contributed by atoms with Crippen molar-refractivity contribution in [1.82, 2.24) is 9.55 Å². The summed E-state index contributed by atoms with van der Waals surface area (Å²) >= 11 is 0. The molecular weight excluding hydrogens is 222 g/mol. The largest absolute Gasteiger partial charge is 0.493 e. The van der Waals surface area contributed by atoms with Gasteiger partial charge in [-0.3, -0.25) is 9.36 Å². The molecule has 17 heavy (non-hydrogen) atoms. The van der Waals surface area contributed by atoms with Gasteiger partial charge in [0, 0.05) is 5.69 Å². The lowest BCUT2D eigenvalue weighted by molar-refractivity contribution is -0.116. The van der Waals surface area contributed by atoms with E-state index >= 15 is 0 Å². The van der Waals surface area contributed by atoms with Crippen LogP contribution in [-0.4, -0.2) is 20.6 Å². The van der Waals surface area contributed by atoms with E-state index in [-0.39, 0.29) is 18.3 Å². The lowest BCUT2D eigenvalue weighted by Gasteiger charge is -2.05. The van der Waals surface area contributed by atoms with Crippen LogP contribution < -0.4 is 11.0 Å². The Morgan fingerprint density at radius 1 is 1.35 bits per heavy atom. The zero-order valence-corrected chi connectivity index (χ0v) is 8.88. The monoisotopic (exact) mass is 233 g/mol. The van der Waals surface area contributed by atoms with Gasteiger partial charge < -0.3 is 15.4 Å². The van der Waals surface area contributed by atoms with Crippen LogP contribution in [0.4, 0.5) is 5.69 Å². The number of para-hydroxylation sites is 1. The minimum Gasteiger partial charge on any atom is -0.493 e. The van der Waals surface area contributed by atoms with Crippen LogP contribution >= 0.6 is 0 Å². The zero-order chi connectivity index (χ0) is 12.3. The minimum absolute atomic E-state index is 0.233. The molecule has 0 aliphatic heterocycles. The number of aromatic nitrogens is 2. The van der Waals surface area contributed by atoms with Gasteiger partial charge in [0.05, 0.1) is 6.20 Å². The van der Waals surface area contributed by atoms with Gasteiger partial charge in [-0.05, 0) is 12.1 Å². The van der Waals surface area contributed by atoms with E-state index in [4.69, 9.17) is 0 Å². The number of amides is 1. The normalized spacial score (nSPS) is 10.1. The summed E-state index contributed by atoms with van der Waals surface area (Å²) in [5.74, 6) is -0.647. The molecule has 2 rings (SSSR count). The third-order valence-corrected chi connectivity index (χ3v) is 2.21. The van der Waals surface area contributed by atoms with Crippen molar-refractivity contribution in [2.45, 2.75) is 6.54 Å². The van der Waals surface area contributed by atoms with E-state index in [1.54, 1.807) is 24.3 Å². The number of aromatic hydroxyl groups is 1. The molecule has 0 saturated carbocycles. The predicted molar refractivity (Wildman–Crippen MR) is 61.8 cm³/mol. The van der Waals surface area contributed by atoms with E-state index in [1.165, 1.54) is 0 Å². The summed E-state index contributed by atoms with van der Waals surface area (Å²) in [5, 5.41) is 11.9. The molecule has 88 valence electrons. The summed E-state index contributed by atoms with van der Waals surface area (Å²) in [6.07, 6.45) is 1.14. The van der Waals surface area contributed by atoms with Crippen LogP contribution in [0.3, 0.4) is 0 Å². The maximum atomic E-state index is 11.6. The third-order valence-electron chi connectivity index (χ3n) is 2.21. The molecule has 0 radical (unpaired) electrons. The number of nitrogens with zero attached hydrogens (tertiary/aromatic N) is 1. The molecule has 1 heterocycles. The fraction of sp³-hybridized carbons (Fsp3) is 0.0909. The first-order valence-electron chi connectivity index (χ1n) is 4.99. The molecule has 0 bridgehead atoms. The fourth-order valence-corrected chi connectivity index (χ4v) is 1.40. The summed E-state index contributed by atoms with van der Waals surface area (Å²) in [7, 11) is 0. The maximum absolute atomic E-state index is 11.6.